The molecule has 2 nitrogen and oxygen atoms in total. The molecule has 0 saturated heterocycles. The first-order valence-electron chi connectivity index (χ1n) is 5.58. The zero-order chi connectivity index (χ0) is 10.4. The summed E-state index contributed by atoms with van der Waals surface area (Å²) in [5.74, 6) is -0.103. The second-order valence-corrected chi connectivity index (χ2v) is 3.88. The molecule has 0 spiro atoms. The number of allylic oxidation sites excluding steroid dienone is 1. The summed E-state index contributed by atoms with van der Waals surface area (Å²) in [7, 11) is 1.47. The molecule has 0 radical (unpaired) electrons. The quantitative estimate of drug-likeness (QED) is 0.498. The van der Waals surface area contributed by atoms with Gasteiger partial charge in [-0.3, -0.25) is 0 Å². The van der Waals surface area contributed by atoms with Crippen molar-refractivity contribution in [1.29, 1.82) is 0 Å². The summed E-state index contributed by atoms with van der Waals surface area (Å²) in [5.41, 5.74) is 2.31. The molecule has 0 fully saturated rings. The average molecular weight is 196 g/mol. The SMILES string of the molecule is CCCCCC1=C(C(=O)OC)CCC1. The second kappa shape index (κ2) is 5.84. The minimum Gasteiger partial charge on any atom is -0.466 e. The van der Waals surface area contributed by atoms with E-state index < -0.39 is 0 Å². The number of rotatable bonds is 5. The molecule has 0 N–H and O–H groups in total. The molecule has 14 heavy (non-hydrogen) atoms. The van der Waals surface area contributed by atoms with Gasteiger partial charge in [0.05, 0.1) is 7.11 Å². The number of methoxy groups -OCH3 is 1. The first kappa shape index (κ1) is 11.3. The molecule has 80 valence electrons. The van der Waals surface area contributed by atoms with Gasteiger partial charge in [-0.2, -0.15) is 0 Å². The highest BCUT2D eigenvalue weighted by molar-refractivity contribution is 5.89. The van der Waals surface area contributed by atoms with E-state index in [-0.39, 0.29) is 5.97 Å². The smallest absolute Gasteiger partial charge is 0.333 e. The molecule has 1 aliphatic rings. The van der Waals surface area contributed by atoms with Crippen LogP contribution in [0.2, 0.25) is 0 Å². The highest BCUT2D eigenvalue weighted by Gasteiger charge is 2.20. The molecule has 0 amide bonds. The van der Waals surface area contributed by atoms with Crippen LogP contribution in [0.5, 0.6) is 0 Å². The molecule has 0 unspecified atom stereocenters. The molecule has 2 heteroatoms. The molecule has 0 atom stereocenters. The van der Waals surface area contributed by atoms with Crippen molar-refractivity contribution in [3.63, 3.8) is 0 Å². The normalized spacial score (nSPS) is 16.1. The molecule has 0 aromatic heterocycles. The van der Waals surface area contributed by atoms with E-state index in [0.29, 0.717) is 0 Å². The summed E-state index contributed by atoms with van der Waals surface area (Å²) in [4.78, 5) is 11.4. The fourth-order valence-corrected chi connectivity index (χ4v) is 2.04. The summed E-state index contributed by atoms with van der Waals surface area (Å²) in [5, 5.41) is 0. The number of unbranched alkanes of at least 4 members (excludes halogenated alkanes) is 2. The maximum atomic E-state index is 11.4. The Hall–Kier alpha value is -0.790. The van der Waals surface area contributed by atoms with Crippen molar-refractivity contribution in [3.8, 4) is 0 Å². The number of hydrogen-bond acceptors (Lipinski definition) is 2. The van der Waals surface area contributed by atoms with Crippen molar-refractivity contribution >= 4 is 5.97 Å². The van der Waals surface area contributed by atoms with Gasteiger partial charge < -0.3 is 4.74 Å². The Balaban J connectivity index is 2.49. The van der Waals surface area contributed by atoms with Crippen LogP contribution in [0, 0.1) is 0 Å². The van der Waals surface area contributed by atoms with Crippen molar-refractivity contribution in [3.05, 3.63) is 11.1 Å². The maximum absolute atomic E-state index is 11.4. The first-order valence-corrected chi connectivity index (χ1v) is 5.58. The zero-order valence-electron chi connectivity index (χ0n) is 9.27. The van der Waals surface area contributed by atoms with E-state index in [1.807, 2.05) is 0 Å². The molecule has 0 heterocycles. The minimum atomic E-state index is -0.103. The monoisotopic (exact) mass is 196 g/mol. The molecule has 0 aliphatic heterocycles. The van der Waals surface area contributed by atoms with Crippen LogP contribution in [0.1, 0.15) is 51.9 Å². The van der Waals surface area contributed by atoms with Gasteiger partial charge >= 0.3 is 5.97 Å². The second-order valence-electron chi connectivity index (χ2n) is 3.88. The lowest BCUT2D eigenvalue weighted by Crippen LogP contribution is -2.04. The number of carbonyl (C=O) groups is 1. The third-order valence-corrected chi connectivity index (χ3v) is 2.85. The van der Waals surface area contributed by atoms with Gasteiger partial charge in [-0.25, -0.2) is 4.79 Å². The van der Waals surface area contributed by atoms with Gasteiger partial charge in [0.1, 0.15) is 0 Å². The van der Waals surface area contributed by atoms with E-state index in [0.717, 1.165) is 31.3 Å². The maximum Gasteiger partial charge on any atom is 0.333 e. The van der Waals surface area contributed by atoms with E-state index in [1.54, 1.807) is 0 Å². The van der Waals surface area contributed by atoms with Crippen LogP contribution in [-0.4, -0.2) is 13.1 Å². The third kappa shape index (κ3) is 2.86. The van der Waals surface area contributed by atoms with E-state index in [4.69, 9.17) is 4.74 Å². The van der Waals surface area contributed by atoms with E-state index in [2.05, 4.69) is 6.92 Å². The molecule has 0 aromatic rings. The first-order chi connectivity index (χ1) is 6.79. The summed E-state index contributed by atoms with van der Waals surface area (Å²) >= 11 is 0. The van der Waals surface area contributed by atoms with Gasteiger partial charge in [-0.05, 0) is 32.1 Å². The van der Waals surface area contributed by atoms with E-state index in [1.165, 1.54) is 31.9 Å². The van der Waals surface area contributed by atoms with E-state index in [9.17, 15) is 4.79 Å². The summed E-state index contributed by atoms with van der Waals surface area (Å²) in [6, 6.07) is 0. The molecule has 1 rings (SSSR count). The molecule has 0 bridgehead atoms. The van der Waals surface area contributed by atoms with Gasteiger partial charge in [0, 0.05) is 5.57 Å². The fourth-order valence-electron chi connectivity index (χ4n) is 2.04. The summed E-state index contributed by atoms with van der Waals surface area (Å²) in [6.07, 6.45) is 7.97. The van der Waals surface area contributed by atoms with Crippen molar-refractivity contribution < 1.29 is 9.53 Å². The lowest BCUT2D eigenvalue weighted by molar-refractivity contribution is -0.136. The van der Waals surface area contributed by atoms with Gasteiger partial charge in [0.2, 0.25) is 0 Å². The average Bonchev–Trinajstić information content (AvgIpc) is 2.65. The van der Waals surface area contributed by atoms with Crippen LogP contribution in [0.25, 0.3) is 0 Å². The topological polar surface area (TPSA) is 26.3 Å². The predicted molar refractivity (Wildman–Crippen MR) is 57.0 cm³/mol. The van der Waals surface area contributed by atoms with Gasteiger partial charge in [-0.1, -0.05) is 25.3 Å². The standard InChI is InChI=1S/C12H20O2/c1-3-4-5-7-10-8-6-9-11(10)12(13)14-2/h3-9H2,1-2H3. The van der Waals surface area contributed by atoms with Crippen LogP contribution in [0.3, 0.4) is 0 Å². The minimum absolute atomic E-state index is 0.103. The predicted octanol–water partition coefficient (Wildman–Crippen LogP) is 3.22. The summed E-state index contributed by atoms with van der Waals surface area (Å²) in [6.45, 7) is 2.20. The van der Waals surface area contributed by atoms with Crippen LogP contribution in [-0.2, 0) is 9.53 Å². The largest absolute Gasteiger partial charge is 0.466 e. The Labute approximate surface area is 86.3 Å². The van der Waals surface area contributed by atoms with E-state index >= 15 is 0 Å². The highest BCUT2D eigenvalue weighted by Crippen LogP contribution is 2.30. The van der Waals surface area contributed by atoms with Crippen LogP contribution in [0.4, 0.5) is 0 Å². The third-order valence-electron chi connectivity index (χ3n) is 2.85. The fraction of sp³-hybridized carbons (Fsp3) is 0.750. The zero-order valence-corrected chi connectivity index (χ0v) is 9.27. The van der Waals surface area contributed by atoms with Gasteiger partial charge in [0.25, 0.3) is 0 Å². The highest BCUT2D eigenvalue weighted by atomic mass is 16.5. The van der Waals surface area contributed by atoms with Crippen LogP contribution in [0.15, 0.2) is 11.1 Å². The Morgan fingerprint density at radius 3 is 2.79 bits per heavy atom. The van der Waals surface area contributed by atoms with Crippen molar-refractivity contribution in [2.45, 2.75) is 51.9 Å². The lowest BCUT2D eigenvalue weighted by Gasteiger charge is -2.05. The molecule has 0 aromatic carbocycles. The Morgan fingerprint density at radius 2 is 2.14 bits per heavy atom. The summed E-state index contributed by atoms with van der Waals surface area (Å²) < 4.78 is 4.77. The van der Waals surface area contributed by atoms with Gasteiger partial charge in [0.15, 0.2) is 0 Å². The molecular formula is C12H20O2. The Morgan fingerprint density at radius 1 is 1.36 bits per heavy atom. The van der Waals surface area contributed by atoms with Crippen LogP contribution >= 0.6 is 0 Å². The van der Waals surface area contributed by atoms with Crippen LogP contribution < -0.4 is 0 Å². The Kier molecular flexibility index (Phi) is 4.71. The molecule has 0 saturated carbocycles. The molecule has 1 aliphatic carbocycles. The number of carbonyl (C=O) groups excluding carboxylic acids is 1. The van der Waals surface area contributed by atoms with Crippen molar-refractivity contribution in [1.82, 2.24) is 0 Å². The number of hydrogen-bond donors (Lipinski definition) is 0. The number of ether oxygens (including phenoxy) is 1. The Bertz CT molecular complexity index is 228. The lowest BCUT2D eigenvalue weighted by atomic mass is 10.0. The number of esters is 1. The van der Waals surface area contributed by atoms with Crippen molar-refractivity contribution in [2.75, 3.05) is 7.11 Å². The van der Waals surface area contributed by atoms with Crippen molar-refractivity contribution in [2.24, 2.45) is 0 Å². The van der Waals surface area contributed by atoms with Gasteiger partial charge in [-0.15, -0.1) is 0 Å². The molecular weight excluding hydrogens is 176 g/mol.